The Bertz CT molecular complexity index is 358. The normalized spacial score (nSPS) is 10.7. The van der Waals surface area contributed by atoms with E-state index in [0.29, 0.717) is 6.61 Å². The van der Waals surface area contributed by atoms with Gasteiger partial charge in [0.2, 0.25) is 0 Å². The van der Waals surface area contributed by atoms with Gasteiger partial charge in [0.1, 0.15) is 5.84 Å². The van der Waals surface area contributed by atoms with Crippen LogP contribution in [0.25, 0.3) is 0 Å². The van der Waals surface area contributed by atoms with Gasteiger partial charge < -0.3 is 10.5 Å². The average molecular weight is 243 g/mol. The first kappa shape index (κ1) is 14.9. The fourth-order valence-electron chi connectivity index (χ4n) is 1.13. The Kier molecular flexibility index (Phi) is 5.48. The average Bonchev–Trinajstić information content (AvgIpc) is 2.14. The maximum absolute atomic E-state index is 7.32. The number of amidine groups is 1. The van der Waals surface area contributed by atoms with Crippen LogP contribution in [0, 0.1) is 5.41 Å². The molecule has 0 atom stereocenters. The van der Waals surface area contributed by atoms with Crippen molar-refractivity contribution in [3.63, 3.8) is 0 Å². The van der Waals surface area contributed by atoms with Gasteiger partial charge in [0.25, 0.3) is 0 Å². The fraction of sp³-hybridized carbons (Fsp3) is 0.417. The Hall–Kier alpha value is -1.06. The van der Waals surface area contributed by atoms with E-state index in [2.05, 4.69) is 0 Å². The second-order valence-corrected chi connectivity index (χ2v) is 4.52. The zero-order valence-electron chi connectivity index (χ0n) is 9.91. The third-order valence-electron chi connectivity index (χ3n) is 1.91. The van der Waals surface area contributed by atoms with Crippen molar-refractivity contribution in [3.8, 4) is 0 Å². The van der Waals surface area contributed by atoms with Gasteiger partial charge in [-0.3, -0.25) is 5.41 Å². The van der Waals surface area contributed by atoms with Gasteiger partial charge in [0, 0.05) is 5.56 Å². The van der Waals surface area contributed by atoms with Crippen molar-refractivity contribution in [3.05, 3.63) is 35.4 Å². The van der Waals surface area contributed by atoms with E-state index in [1.165, 1.54) is 0 Å². The molecule has 0 radical (unpaired) electrons. The fourth-order valence-corrected chi connectivity index (χ4v) is 1.13. The third-order valence-corrected chi connectivity index (χ3v) is 1.91. The molecule has 0 spiro atoms. The number of nitrogen functional groups attached to an aromatic ring is 1. The highest BCUT2D eigenvalue weighted by Crippen LogP contribution is 2.12. The Morgan fingerprint density at radius 2 is 2.00 bits per heavy atom. The summed E-state index contributed by atoms with van der Waals surface area (Å²) in [6, 6.07) is 7.56. The van der Waals surface area contributed by atoms with E-state index in [1.807, 2.05) is 45.0 Å². The van der Waals surface area contributed by atoms with Crippen LogP contribution >= 0.6 is 12.4 Å². The molecule has 3 N–H and O–H groups in total. The molecule has 1 aromatic rings. The Morgan fingerprint density at radius 1 is 1.38 bits per heavy atom. The summed E-state index contributed by atoms with van der Waals surface area (Å²) in [4.78, 5) is 0. The van der Waals surface area contributed by atoms with Gasteiger partial charge in [0.05, 0.1) is 12.2 Å². The highest BCUT2D eigenvalue weighted by atomic mass is 35.5. The number of nitrogens with one attached hydrogen (secondary N) is 1. The summed E-state index contributed by atoms with van der Waals surface area (Å²) < 4.78 is 5.64. The van der Waals surface area contributed by atoms with Gasteiger partial charge in [-0.05, 0) is 32.4 Å². The van der Waals surface area contributed by atoms with E-state index in [0.717, 1.165) is 11.1 Å². The Labute approximate surface area is 103 Å². The molecule has 0 amide bonds. The van der Waals surface area contributed by atoms with E-state index < -0.39 is 0 Å². The summed E-state index contributed by atoms with van der Waals surface area (Å²) in [6.07, 6.45) is 0. The summed E-state index contributed by atoms with van der Waals surface area (Å²) in [7, 11) is 0. The molecule has 0 aromatic heterocycles. The number of hydrogen-bond donors (Lipinski definition) is 2. The third kappa shape index (κ3) is 5.14. The van der Waals surface area contributed by atoms with E-state index in [9.17, 15) is 0 Å². The van der Waals surface area contributed by atoms with Crippen molar-refractivity contribution in [1.29, 1.82) is 5.41 Å². The van der Waals surface area contributed by atoms with Crippen molar-refractivity contribution in [2.45, 2.75) is 33.0 Å². The van der Waals surface area contributed by atoms with Crippen molar-refractivity contribution < 1.29 is 4.74 Å². The van der Waals surface area contributed by atoms with Gasteiger partial charge in [-0.15, -0.1) is 12.4 Å². The predicted molar refractivity (Wildman–Crippen MR) is 69.2 cm³/mol. The van der Waals surface area contributed by atoms with Crippen molar-refractivity contribution in [1.82, 2.24) is 0 Å². The molecule has 0 heterocycles. The molecule has 0 fully saturated rings. The lowest BCUT2D eigenvalue weighted by molar-refractivity contribution is -0.0149. The first-order valence-electron chi connectivity index (χ1n) is 4.96. The van der Waals surface area contributed by atoms with E-state index >= 15 is 0 Å². The molecule has 4 heteroatoms. The van der Waals surface area contributed by atoms with Crippen molar-refractivity contribution in [2.75, 3.05) is 0 Å². The highest BCUT2D eigenvalue weighted by Gasteiger charge is 2.10. The molecule has 3 nitrogen and oxygen atoms in total. The molecule has 0 saturated carbocycles. The lowest BCUT2D eigenvalue weighted by Crippen LogP contribution is -2.19. The molecule has 0 bridgehead atoms. The first-order valence-corrected chi connectivity index (χ1v) is 4.96. The molecular weight excluding hydrogens is 224 g/mol. The van der Waals surface area contributed by atoms with Gasteiger partial charge in [-0.25, -0.2) is 0 Å². The van der Waals surface area contributed by atoms with Crippen LogP contribution < -0.4 is 5.73 Å². The van der Waals surface area contributed by atoms with E-state index in [4.69, 9.17) is 15.9 Å². The summed E-state index contributed by atoms with van der Waals surface area (Å²) >= 11 is 0. The molecule has 16 heavy (non-hydrogen) atoms. The van der Waals surface area contributed by atoms with Gasteiger partial charge in [-0.1, -0.05) is 18.2 Å². The topological polar surface area (TPSA) is 59.1 Å². The molecule has 1 rings (SSSR count). The van der Waals surface area contributed by atoms with Crippen molar-refractivity contribution >= 4 is 18.2 Å². The standard InChI is InChI=1S/C12H18N2O.ClH/c1-12(2,3)15-8-9-5-4-6-10(7-9)11(13)14;/h4-7H,8H2,1-3H3,(H3,13,14);1H. The smallest absolute Gasteiger partial charge is 0.122 e. The Balaban J connectivity index is 0.00000225. The summed E-state index contributed by atoms with van der Waals surface area (Å²) in [5, 5.41) is 7.32. The molecule has 1 aromatic carbocycles. The maximum Gasteiger partial charge on any atom is 0.122 e. The van der Waals surface area contributed by atoms with Crippen LogP contribution in [0.4, 0.5) is 0 Å². The monoisotopic (exact) mass is 242 g/mol. The quantitative estimate of drug-likeness (QED) is 0.633. The number of halogens is 1. The minimum Gasteiger partial charge on any atom is -0.384 e. The zero-order valence-corrected chi connectivity index (χ0v) is 10.7. The van der Waals surface area contributed by atoms with Crippen LogP contribution in [-0.4, -0.2) is 11.4 Å². The summed E-state index contributed by atoms with van der Waals surface area (Å²) in [6.45, 7) is 6.59. The molecule has 0 aliphatic rings. The molecular formula is C12H19ClN2O. The van der Waals surface area contributed by atoms with Crippen LogP contribution in [-0.2, 0) is 11.3 Å². The van der Waals surface area contributed by atoms with Gasteiger partial charge in [-0.2, -0.15) is 0 Å². The zero-order chi connectivity index (χ0) is 11.5. The van der Waals surface area contributed by atoms with Crippen LogP contribution in [0.15, 0.2) is 24.3 Å². The first-order chi connectivity index (χ1) is 6.88. The van der Waals surface area contributed by atoms with E-state index in [-0.39, 0.29) is 23.8 Å². The number of rotatable bonds is 3. The highest BCUT2D eigenvalue weighted by molar-refractivity contribution is 5.95. The van der Waals surface area contributed by atoms with Crippen LogP contribution in [0.1, 0.15) is 31.9 Å². The SMILES string of the molecule is CC(C)(C)OCc1cccc(C(=N)N)c1.Cl. The van der Waals surface area contributed by atoms with Crippen LogP contribution in [0.3, 0.4) is 0 Å². The van der Waals surface area contributed by atoms with Gasteiger partial charge >= 0.3 is 0 Å². The largest absolute Gasteiger partial charge is 0.384 e. The number of hydrogen-bond acceptors (Lipinski definition) is 2. The predicted octanol–water partition coefficient (Wildman–Crippen LogP) is 2.71. The second kappa shape index (κ2) is 5.87. The molecule has 0 saturated heterocycles. The lowest BCUT2D eigenvalue weighted by Gasteiger charge is -2.19. The molecule has 0 aliphatic carbocycles. The minimum absolute atomic E-state index is 0. The summed E-state index contributed by atoms with van der Waals surface area (Å²) in [5.74, 6) is 0.0904. The van der Waals surface area contributed by atoms with Crippen molar-refractivity contribution in [2.24, 2.45) is 5.73 Å². The minimum atomic E-state index is -0.147. The number of benzene rings is 1. The van der Waals surface area contributed by atoms with E-state index in [1.54, 1.807) is 0 Å². The van der Waals surface area contributed by atoms with Gasteiger partial charge in [0.15, 0.2) is 0 Å². The molecule has 0 unspecified atom stereocenters. The summed E-state index contributed by atoms with van der Waals surface area (Å²) in [5.41, 5.74) is 7.04. The lowest BCUT2D eigenvalue weighted by atomic mass is 10.1. The molecule has 0 aliphatic heterocycles. The van der Waals surface area contributed by atoms with Crippen LogP contribution in [0.5, 0.6) is 0 Å². The molecule has 90 valence electrons. The van der Waals surface area contributed by atoms with Crippen LogP contribution in [0.2, 0.25) is 0 Å². The maximum atomic E-state index is 7.32. The second-order valence-electron chi connectivity index (χ2n) is 4.52. The Morgan fingerprint density at radius 3 is 2.50 bits per heavy atom. The number of ether oxygens (including phenoxy) is 1. The number of nitrogens with two attached hydrogens (primary N) is 1.